The molecule has 5 nitrogen and oxygen atoms in total. The Balaban J connectivity index is 2.22. The molecule has 0 aromatic carbocycles. The zero-order valence-corrected chi connectivity index (χ0v) is 15.1. The van der Waals surface area contributed by atoms with E-state index in [0.717, 1.165) is 28.6 Å². The number of halogens is 1. The number of carbonyl (C=O) groups excluding carboxylic acids is 1. The van der Waals surface area contributed by atoms with E-state index in [1.807, 2.05) is 19.1 Å². The summed E-state index contributed by atoms with van der Waals surface area (Å²) in [5.74, 6) is 0.726. The van der Waals surface area contributed by atoms with Crippen molar-refractivity contribution in [1.29, 1.82) is 0 Å². The Hall–Kier alpha value is -1.95. The first-order valence-corrected chi connectivity index (χ1v) is 8.28. The molecule has 122 valence electrons. The molecule has 0 fully saturated rings. The van der Waals surface area contributed by atoms with Crippen LogP contribution in [0.2, 0.25) is 0 Å². The van der Waals surface area contributed by atoms with Gasteiger partial charge in [0.1, 0.15) is 5.82 Å². The highest BCUT2D eigenvalue weighted by atomic mass is 79.9. The number of nitrogens with zero attached hydrogens (tertiary/aromatic N) is 2. The lowest BCUT2D eigenvalue weighted by molar-refractivity contribution is -0.117. The average molecular weight is 378 g/mol. The maximum atomic E-state index is 12.7. The van der Waals surface area contributed by atoms with Gasteiger partial charge < -0.3 is 10.1 Å². The van der Waals surface area contributed by atoms with E-state index in [9.17, 15) is 4.79 Å². The Kier molecular flexibility index (Phi) is 6.10. The molecular weight excluding hydrogens is 358 g/mol. The zero-order valence-electron chi connectivity index (χ0n) is 13.5. The topological polar surface area (TPSA) is 64.1 Å². The largest absolute Gasteiger partial charge is 0.481 e. The first-order chi connectivity index (χ1) is 11.0. The van der Waals surface area contributed by atoms with Crippen LogP contribution < -0.4 is 10.1 Å². The Morgan fingerprint density at radius 3 is 2.83 bits per heavy atom. The van der Waals surface area contributed by atoms with Crippen LogP contribution in [0.15, 0.2) is 34.9 Å². The highest BCUT2D eigenvalue weighted by molar-refractivity contribution is 9.10. The van der Waals surface area contributed by atoms with Crippen LogP contribution in [0.1, 0.15) is 36.9 Å². The molecular formula is C17H20BrN3O2. The van der Waals surface area contributed by atoms with Crippen LogP contribution >= 0.6 is 15.9 Å². The van der Waals surface area contributed by atoms with Crippen molar-refractivity contribution < 1.29 is 9.53 Å². The van der Waals surface area contributed by atoms with Crippen molar-refractivity contribution in [2.45, 2.75) is 32.6 Å². The molecule has 0 saturated carbocycles. The van der Waals surface area contributed by atoms with Crippen molar-refractivity contribution in [3.05, 3.63) is 46.2 Å². The summed E-state index contributed by atoms with van der Waals surface area (Å²) in [6.07, 6.45) is 3.30. The molecule has 0 bridgehead atoms. The summed E-state index contributed by atoms with van der Waals surface area (Å²) in [6, 6.07) is 7.32. The van der Waals surface area contributed by atoms with Crippen molar-refractivity contribution in [1.82, 2.24) is 9.97 Å². The summed E-state index contributed by atoms with van der Waals surface area (Å²) < 4.78 is 6.07. The van der Waals surface area contributed by atoms with Crippen LogP contribution in [0.25, 0.3) is 0 Å². The van der Waals surface area contributed by atoms with Crippen molar-refractivity contribution >= 4 is 27.7 Å². The predicted molar refractivity (Wildman–Crippen MR) is 93.7 cm³/mol. The van der Waals surface area contributed by atoms with Gasteiger partial charge in [0.2, 0.25) is 11.8 Å². The van der Waals surface area contributed by atoms with E-state index in [1.54, 1.807) is 25.4 Å². The number of hydrogen-bond acceptors (Lipinski definition) is 4. The van der Waals surface area contributed by atoms with Gasteiger partial charge in [-0.25, -0.2) is 9.97 Å². The Morgan fingerprint density at radius 2 is 2.17 bits per heavy atom. The Labute approximate surface area is 144 Å². The first-order valence-electron chi connectivity index (χ1n) is 7.49. The van der Waals surface area contributed by atoms with E-state index in [0.29, 0.717) is 11.7 Å². The number of aromatic nitrogens is 2. The molecule has 2 aromatic rings. The number of pyridine rings is 2. The number of aryl methyl sites for hydroxylation is 1. The molecule has 2 rings (SSSR count). The second kappa shape index (κ2) is 8.06. The van der Waals surface area contributed by atoms with E-state index >= 15 is 0 Å². The summed E-state index contributed by atoms with van der Waals surface area (Å²) in [7, 11) is 1.57. The zero-order chi connectivity index (χ0) is 16.8. The molecule has 1 N–H and O–H groups in total. The molecule has 0 aliphatic heterocycles. The third kappa shape index (κ3) is 4.51. The Bertz CT molecular complexity index is 691. The molecule has 0 aliphatic carbocycles. The minimum atomic E-state index is -0.261. The third-order valence-corrected chi connectivity index (χ3v) is 4.37. The number of methoxy groups -OCH3 is 1. The normalized spacial score (nSPS) is 11.8. The summed E-state index contributed by atoms with van der Waals surface area (Å²) in [6.45, 7) is 3.94. The number of carbonyl (C=O) groups is 1. The van der Waals surface area contributed by atoms with Crippen molar-refractivity contribution in [2.75, 3.05) is 12.4 Å². The second-order valence-electron chi connectivity index (χ2n) is 5.23. The molecule has 0 spiro atoms. The van der Waals surface area contributed by atoms with E-state index < -0.39 is 0 Å². The molecule has 1 atom stereocenters. The Morgan fingerprint density at radius 1 is 1.39 bits per heavy atom. The minimum Gasteiger partial charge on any atom is -0.481 e. The average Bonchev–Trinajstić information content (AvgIpc) is 2.56. The molecule has 0 aliphatic rings. The number of anilines is 1. The van der Waals surface area contributed by atoms with Gasteiger partial charge in [-0.1, -0.05) is 13.3 Å². The molecule has 2 aromatic heterocycles. The van der Waals surface area contributed by atoms with Crippen LogP contribution in [0.5, 0.6) is 5.88 Å². The van der Waals surface area contributed by atoms with Crippen LogP contribution in [0.4, 0.5) is 5.82 Å². The van der Waals surface area contributed by atoms with Crippen molar-refractivity contribution in [2.24, 2.45) is 0 Å². The van der Waals surface area contributed by atoms with Gasteiger partial charge in [0.15, 0.2) is 0 Å². The SMILES string of the molecule is CCCC(C(=O)Nc1ccc(Br)c(C)n1)c1ccnc(OC)c1. The van der Waals surface area contributed by atoms with Crippen molar-refractivity contribution in [3.8, 4) is 5.88 Å². The standard InChI is InChI=1S/C17H20BrN3O2/c1-4-5-13(12-8-9-19-16(10-12)23-3)17(22)21-15-7-6-14(18)11(2)20-15/h6-10,13H,4-5H2,1-3H3,(H,20,21,22). The molecule has 1 unspecified atom stereocenters. The third-order valence-electron chi connectivity index (χ3n) is 3.54. The first kappa shape index (κ1) is 17.4. The fraction of sp³-hybridized carbons (Fsp3) is 0.353. The van der Waals surface area contributed by atoms with E-state index in [-0.39, 0.29) is 11.8 Å². The van der Waals surface area contributed by atoms with Crippen LogP contribution in [0, 0.1) is 6.92 Å². The van der Waals surface area contributed by atoms with Gasteiger partial charge >= 0.3 is 0 Å². The molecule has 23 heavy (non-hydrogen) atoms. The minimum absolute atomic E-state index is 0.0747. The molecule has 0 saturated heterocycles. The number of ether oxygens (including phenoxy) is 1. The highest BCUT2D eigenvalue weighted by Crippen LogP contribution is 2.25. The predicted octanol–water partition coefficient (Wildman–Crippen LogP) is 4.08. The number of hydrogen-bond donors (Lipinski definition) is 1. The van der Waals surface area contributed by atoms with Crippen molar-refractivity contribution in [3.63, 3.8) is 0 Å². The summed E-state index contributed by atoms with van der Waals surface area (Å²) in [5.41, 5.74) is 1.73. The fourth-order valence-electron chi connectivity index (χ4n) is 2.32. The lowest BCUT2D eigenvalue weighted by Gasteiger charge is -2.17. The van der Waals surface area contributed by atoms with Gasteiger partial charge in [-0.3, -0.25) is 4.79 Å². The van der Waals surface area contributed by atoms with Gasteiger partial charge in [0.25, 0.3) is 0 Å². The number of nitrogens with one attached hydrogen (secondary N) is 1. The maximum absolute atomic E-state index is 12.7. The highest BCUT2D eigenvalue weighted by Gasteiger charge is 2.21. The monoisotopic (exact) mass is 377 g/mol. The molecule has 2 heterocycles. The second-order valence-corrected chi connectivity index (χ2v) is 6.08. The van der Waals surface area contributed by atoms with Crippen LogP contribution in [-0.2, 0) is 4.79 Å². The fourth-order valence-corrected chi connectivity index (χ4v) is 2.54. The number of rotatable bonds is 6. The molecule has 1 amide bonds. The van der Waals surface area contributed by atoms with Gasteiger partial charge in [0.05, 0.1) is 18.7 Å². The van der Waals surface area contributed by atoms with Crippen LogP contribution in [0.3, 0.4) is 0 Å². The summed E-state index contributed by atoms with van der Waals surface area (Å²) in [5, 5.41) is 2.90. The van der Waals surface area contributed by atoms with E-state index in [4.69, 9.17) is 4.74 Å². The molecule has 6 heteroatoms. The summed E-state index contributed by atoms with van der Waals surface area (Å²) >= 11 is 3.41. The quantitative estimate of drug-likeness (QED) is 0.823. The van der Waals surface area contributed by atoms with Gasteiger partial charge in [-0.05, 0) is 53.0 Å². The maximum Gasteiger partial charge on any atom is 0.233 e. The lowest BCUT2D eigenvalue weighted by atomic mass is 9.94. The van der Waals surface area contributed by atoms with Gasteiger partial charge in [-0.2, -0.15) is 0 Å². The van der Waals surface area contributed by atoms with Gasteiger partial charge in [0, 0.05) is 16.7 Å². The van der Waals surface area contributed by atoms with E-state index in [1.165, 1.54) is 0 Å². The van der Waals surface area contributed by atoms with Crippen LogP contribution in [-0.4, -0.2) is 23.0 Å². The van der Waals surface area contributed by atoms with Gasteiger partial charge in [-0.15, -0.1) is 0 Å². The summed E-state index contributed by atoms with van der Waals surface area (Å²) in [4.78, 5) is 21.1. The smallest absolute Gasteiger partial charge is 0.233 e. The number of amides is 1. The molecule has 0 radical (unpaired) electrons. The lowest BCUT2D eigenvalue weighted by Crippen LogP contribution is -2.22. The van der Waals surface area contributed by atoms with E-state index in [2.05, 4.69) is 38.1 Å².